The second kappa shape index (κ2) is 8.29. The standard InChI is InChI=1S/C18H28N4O3/c1-6-7-8-14(2)16-19-15(20-25-16)13-21-9-11-22(12-10-21)17(23)24-18(3,4)5/h6-8H,9-13H2,1-5H3/b7-6-,14-8+. The first kappa shape index (κ1) is 19.2. The van der Waals surface area contributed by atoms with Crippen LogP contribution in [0.4, 0.5) is 4.79 Å². The Labute approximate surface area is 149 Å². The third kappa shape index (κ3) is 6.01. The molecule has 0 unspecified atom stereocenters. The number of allylic oxidation sites excluding steroid dienone is 4. The molecule has 0 N–H and O–H groups in total. The summed E-state index contributed by atoms with van der Waals surface area (Å²) in [7, 11) is 0. The Morgan fingerprint density at radius 3 is 2.56 bits per heavy atom. The van der Waals surface area contributed by atoms with Gasteiger partial charge in [0.25, 0.3) is 5.89 Å². The van der Waals surface area contributed by atoms with E-state index < -0.39 is 5.60 Å². The molecule has 1 aliphatic heterocycles. The van der Waals surface area contributed by atoms with Gasteiger partial charge < -0.3 is 14.2 Å². The summed E-state index contributed by atoms with van der Waals surface area (Å²) in [5, 5.41) is 4.04. The lowest BCUT2D eigenvalue weighted by atomic mass is 10.2. The van der Waals surface area contributed by atoms with Gasteiger partial charge in [0, 0.05) is 31.8 Å². The van der Waals surface area contributed by atoms with E-state index >= 15 is 0 Å². The third-order valence-electron chi connectivity index (χ3n) is 3.73. The molecule has 0 radical (unpaired) electrons. The van der Waals surface area contributed by atoms with Crippen molar-refractivity contribution < 1.29 is 14.1 Å². The molecule has 1 saturated heterocycles. The third-order valence-corrected chi connectivity index (χ3v) is 3.73. The smallest absolute Gasteiger partial charge is 0.410 e. The van der Waals surface area contributed by atoms with Gasteiger partial charge in [-0.1, -0.05) is 23.4 Å². The number of hydrogen-bond donors (Lipinski definition) is 0. The van der Waals surface area contributed by atoms with Crippen molar-refractivity contribution in [2.45, 2.75) is 46.8 Å². The van der Waals surface area contributed by atoms with Crippen LogP contribution in [-0.4, -0.2) is 57.8 Å². The van der Waals surface area contributed by atoms with Crippen molar-refractivity contribution in [3.63, 3.8) is 0 Å². The minimum Gasteiger partial charge on any atom is -0.444 e. The van der Waals surface area contributed by atoms with Crippen molar-refractivity contribution in [1.82, 2.24) is 19.9 Å². The molecule has 7 heteroatoms. The van der Waals surface area contributed by atoms with Gasteiger partial charge in [-0.3, -0.25) is 4.90 Å². The van der Waals surface area contributed by atoms with E-state index in [1.807, 2.05) is 52.8 Å². The fourth-order valence-corrected chi connectivity index (χ4v) is 2.41. The van der Waals surface area contributed by atoms with Crippen LogP contribution >= 0.6 is 0 Å². The van der Waals surface area contributed by atoms with Crippen molar-refractivity contribution in [2.75, 3.05) is 26.2 Å². The van der Waals surface area contributed by atoms with Crippen LogP contribution in [0.25, 0.3) is 5.57 Å². The molecule has 0 spiro atoms. The lowest BCUT2D eigenvalue weighted by Gasteiger charge is -2.35. The van der Waals surface area contributed by atoms with Gasteiger partial charge in [0.15, 0.2) is 5.82 Å². The molecule has 1 fully saturated rings. The second-order valence-corrected chi connectivity index (χ2v) is 7.13. The average molecular weight is 348 g/mol. The Bertz CT molecular complexity index is 635. The van der Waals surface area contributed by atoms with E-state index in [1.165, 1.54) is 0 Å². The van der Waals surface area contributed by atoms with Gasteiger partial charge in [-0.2, -0.15) is 4.98 Å². The largest absolute Gasteiger partial charge is 0.444 e. The van der Waals surface area contributed by atoms with Crippen molar-refractivity contribution in [3.05, 3.63) is 29.9 Å². The van der Waals surface area contributed by atoms with Crippen LogP contribution in [0.15, 0.2) is 22.8 Å². The molecular weight excluding hydrogens is 320 g/mol. The summed E-state index contributed by atoms with van der Waals surface area (Å²) in [6, 6.07) is 0. The normalized spacial score (nSPS) is 17.3. The summed E-state index contributed by atoms with van der Waals surface area (Å²) >= 11 is 0. The molecule has 25 heavy (non-hydrogen) atoms. The van der Waals surface area contributed by atoms with Gasteiger partial charge >= 0.3 is 6.09 Å². The lowest BCUT2D eigenvalue weighted by Crippen LogP contribution is -2.49. The quantitative estimate of drug-likeness (QED) is 0.779. The number of aromatic nitrogens is 2. The van der Waals surface area contributed by atoms with E-state index in [9.17, 15) is 4.79 Å². The highest BCUT2D eigenvalue weighted by Gasteiger charge is 2.26. The van der Waals surface area contributed by atoms with E-state index in [0.29, 0.717) is 31.3 Å². The monoisotopic (exact) mass is 348 g/mol. The van der Waals surface area contributed by atoms with Crippen LogP contribution < -0.4 is 0 Å². The molecule has 0 bridgehead atoms. The van der Waals surface area contributed by atoms with Gasteiger partial charge in [0.2, 0.25) is 0 Å². The Balaban J connectivity index is 1.84. The molecule has 1 aromatic heterocycles. The number of carbonyl (C=O) groups excluding carboxylic acids is 1. The molecule has 0 aliphatic carbocycles. The highest BCUT2D eigenvalue weighted by Crippen LogP contribution is 2.14. The maximum Gasteiger partial charge on any atom is 0.410 e. The first-order chi connectivity index (χ1) is 11.8. The predicted molar refractivity (Wildman–Crippen MR) is 95.8 cm³/mol. The molecule has 1 amide bonds. The minimum atomic E-state index is -0.465. The molecule has 138 valence electrons. The number of rotatable bonds is 4. The molecule has 1 aromatic rings. The minimum absolute atomic E-state index is 0.251. The average Bonchev–Trinajstić information content (AvgIpc) is 3.00. The highest BCUT2D eigenvalue weighted by atomic mass is 16.6. The zero-order valence-electron chi connectivity index (χ0n) is 15.8. The fraction of sp³-hybridized carbons (Fsp3) is 0.611. The molecular formula is C18H28N4O3. The molecule has 7 nitrogen and oxygen atoms in total. The summed E-state index contributed by atoms with van der Waals surface area (Å²) in [6.07, 6.45) is 5.58. The van der Waals surface area contributed by atoms with Gasteiger partial charge in [0.05, 0.1) is 6.54 Å². The topological polar surface area (TPSA) is 71.7 Å². The van der Waals surface area contributed by atoms with E-state index in [-0.39, 0.29) is 6.09 Å². The summed E-state index contributed by atoms with van der Waals surface area (Å²) in [6.45, 7) is 12.9. The maximum absolute atomic E-state index is 12.1. The molecule has 0 saturated carbocycles. The maximum atomic E-state index is 12.1. The Hall–Kier alpha value is -2.15. The molecule has 1 aliphatic rings. The van der Waals surface area contributed by atoms with Crippen LogP contribution in [0.1, 0.15) is 46.3 Å². The van der Waals surface area contributed by atoms with Crippen LogP contribution in [-0.2, 0) is 11.3 Å². The van der Waals surface area contributed by atoms with Gasteiger partial charge in [-0.15, -0.1) is 0 Å². The Morgan fingerprint density at radius 2 is 1.96 bits per heavy atom. The molecule has 0 aromatic carbocycles. The van der Waals surface area contributed by atoms with Crippen molar-refractivity contribution in [1.29, 1.82) is 0 Å². The number of hydrogen-bond acceptors (Lipinski definition) is 6. The number of amides is 1. The van der Waals surface area contributed by atoms with E-state index in [2.05, 4.69) is 15.0 Å². The summed E-state index contributed by atoms with van der Waals surface area (Å²) in [5.41, 5.74) is 0.472. The van der Waals surface area contributed by atoms with Crippen LogP contribution in [0.3, 0.4) is 0 Å². The van der Waals surface area contributed by atoms with Crippen molar-refractivity contribution in [2.24, 2.45) is 0 Å². The Morgan fingerprint density at radius 1 is 1.28 bits per heavy atom. The highest BCUT2D eigenvalue weighted by molar-refractivity contribution is 5.68. The number of carbonyl (C=O) groups is 1. The molecule has 2 heterocycles. The zero-order chi connectivity index (χ0) is 18.4. The van der Waals surface area contributed by atoms with Crippen molar-refractivity contribution in [3.8, 4) is 0 Å². The first-order valence-corrected chi connectivity index (χ1v) is 8.61. The van der Waals surface area contributed by atoms with Crippen molar-refractivity contribution >= 4 is 11.7 Å². The van der Waals surface area contributed by atoms with Gasteiger partial charge in [-0.05, 0) is 34.6 Å². The number of nitrogens with zero attached hydrogens (tertiary/aromatic N) is 4. The predicted octanol–water partition coefficient (Wildman–Crippen LogP) is 3.10. The number of ether oxygens (including phenoxy) is 1. The first-order valence-electron chi connectivity index (χ1n) is 8.61. The fourth-order valence-electron chi connectivity index (χ4n) is 2.41. The van der Waals surface area contributed by atoms with Gasteiger partial charge in [0.1, 0.15) is 5.60 Å². The zero-order valence-corrected chi connectivity index (χ0v) is 15.8. The molecule has 0 atom stereocenters. The SMILES string of the molecule is C/C=C\C=C(/C)c1nc(CN2CCN(C(=O)OC(C)(C)C)CC2)no1. The Kier molecular flexibility index (Phi) is 6.36. The van der Waals surface area contributed by atoms with Crippen LogP contribution in [0.2, 0.25) is 0 Å². The summed E-state index contributed by atoms with van der Waals surface area (Å²) in [4.78, 5) is 20.5. The van der Waals surface area contributed by atoms with E-state index in [0.717, 1.165) is 18.7 Å². The number of piperazine rings is 1. The lowest BCUT2D eigenvalue weighted by molar-refractivity contribution is 0.0136. The summed E-state index contributed by atoms with van der Waals surface area (Å²) in [5.74, 6) is 1.20. The molecule has 2 rings (SSSR count). The van der Waals surface area contributed by atoms with Crippen LogP contribution in [0, 0.1) is 0 Å². The summed E-state index contributed by atoms with van der Waals surface area (Å²) < 4.78 is 10.7. The van der Waals surface area contributed by atoms with E-state index in [4.69, 9.17) is 9.26 Å². The second-order valence-electron chi connectivity index (χ2n) is 7.13. The van der Waals surface area contributed by atoms with Crippen LogP contribution in [0.5, 0.6) is 0 Å². The van der Waals surface area contributed by atoms with E-state index in [1.54, 1.807) is 4.90 Å². The van der Waals surface area contributed by atoms with Gasteiger partial charge in [-0.25, -0.2) is 4.79 Å².